The smallest absolute Gasteiger partial charge is 0.198 e. The zero-order chi connectivity index (χ0) is 22.7. The molecule has 7 heteroatoms. The average Bonchev–Trinajstić information content (AvgIpc) is 3.27. The highest BCUT2D eigenvalue weighted by molar-refractivity contribution is 6.28. The van der Waals surface area contributed by atoms with Crippen LogP contribution in [0.2, 0.25) is 0 Å². The molecule has 4 rings (SSSR count). The molecule has 7 nitrogen and oxygen atoms in total. The van der Waals surface area contributed by atoms with Gasteiger partial charge in [0.05, 0.1) is 11.3 Å². The van der Waals surface area contributed by atoms with Crippen LogP contribution in [0.15, 0.2) is 79.0 Å². The highest BCUT2D eigenvalue weighted by Gasteiger charge is 2.22. The SMILES string of the molecule is Cc1ccc(-n2nnnc2C(=CN(C)C)C(=O)c2cccc(-c3ccc(O)cc3)c2)cc1. The average molecular weight is 425 g/mol. The van der Waals surface area contributed by atoms with Gasteiger partial charge in [0.2, 0.25) is 0 Å². The van der Waals surface area contributed by atoms with Gasteiger partial charge < -0.3 is 10.0 Å². The number of nitrogens with zero attached hydrogens (tertiary/aromatic N) is 5. The third-order valence-electron chi connectivity index (χ3n) is 4.95. The number of phenolic OH excluding ortho intramolecular Hbond substituents is 1. The van der Waals surface area contributed by atoms with E-state index in [0.29, 0.717) is 17.0 Å². The van der Waals surface area contributed by atoms with Crippen molar-refractivity contribution >= 4 is 11.4 Å². The first-order valence-corrected chi connectivity index (χ1v) is 10.1. The lowest BCUT2D eigenvalue weighted by molar-refractivity contribution is 0.105. The molecule has 0 aliphatic carbocycles. The first-order chi connectivity index (χ1) is 15.4. The van der Waals surface area contributed by atoms with E-state index in [4.69, 9.17) is 0 Å². The van der Waals surface area contributed by atoms with Crippen LogP contribution in [0, 0.1) is 6.92 Å². The van der Waals surface area contributed by atoms with Crippen molar-refractivity contribution in [1.29, 1.82) is 0 Å². The predicted molar refractivity (Wildman–Crippen MR) is 123 cm³/mol. The molecule has 0 aliphatic rings. The minimum absolute atomic E-state index is 0.192. The normalized spacial score (nSPS) is 11.4. The second-order valence-corrected chi connectivity index (χ2v) is 7.71. The Morgan fingerprint density at radius 1 is 0.969 bits per heavy atom. The minimum Gasteiger partial charge on any atom is -0.508 e. The fourth-order valence-corrected chi connectivity index (χ4v) is 3.34. The van der Waals surface area contributed by atoms with Gasteiger partial charge in [0, 0.05) is 25.9 Å². The summed E-state index contributed by atoms with van der Waals surface area (Å²) >= 11 is 0. The van der Waals surface area contributed by atoms with Crippen LogP contribution in [-0.4, -0.2) is 50.1 Å². The first-order valence-electron chi connectivity index (χ1n) is 10.1. The van der Waals surface area contributed by atoms with Gasteiger partial charge >= 0.3 is 0 Å². The molecule has 0 amide bonds. The Morgan fingerprint density at radius 3 is 2.38 bits per heavy atom. The summed E-state index contributed by atoms with van der Waals surface area (Å²) in [6.07, 6.45) is 1.73. The Morgan fingerprint density at radius 2 is 1.69 bits per heavy atom. The molecule has 0 radical (unpaired) electrons. The van der Waals surface area contributed by atoms with E-state index in [1.54, 1.807) is 34.0 Å². The van der Waals surface area contributed by atoms with Crippen LogP contribution in [0.1, 0.15) is 21.7 Å². The van der Waals surface area contributed by atoms with E-state index in [1.165, 1.54) is 0 Å². The number of tetrazole rings is 1. The van der Waals surface area contributed by atoms with Gasteiger partial charge in [0.1, 0.15) is 5.75 Å². The maximum atomic E-state index is 13.6. The number of hydrogen-bond donors (Lipinski definition) is 1. The van der Waals surface area contributed by atoms with Crippen LogP contribution in [-0.2, 0) is 0 Å². The summed E-state index contributed by atoms with van der Waals surface area (Å²) in [5, 5.41) is 21.7. The van der Waals surface area contributed by atoms with Gasteiger partial charge in [0.25, 0.3) is 0 Å². The predicted octanol–water partition coefficient (Wildman–Crippen LogP) is 4.13. The molecule has 0 saturated heterocycles. The number of phenols is 1. The van der Waals surface area contributed by atoms with Crippen molar-refractivity contribution in [3.8, 4) is 22.6 Å². The quantitative estimate of drug-likeness (QED) is 0.369. The van der Waals surface area contributed by atoms with Crippen molar-refractivity contribution < 1.29 is 9.90 Å². The van der Waals surface area contributed by atoms with Crippen molar-refractivity contribution in [1.82, 2.24) is 25.1 Å². The van der Waals surface area contributed by atoms with Crippen molar-refractivity contribution in [2.24, 2.45) is 0 Å². The number of aromatic nitrogens is 4. The fourth-order valence-electron chi connectivity index (χ4n) is 3.34. The molecule has 1 aromatic heterocycles. The Bertz CT molecular complexity index is 1270. The molecule has 0 bridgehead atoms. The number of rotatable bonds is 6. The van der Waals surface area contributed by atoms with Gasteiger partial charge in [0.15, 0.2) is 11.6 Å². The van der Waals surface area contributed by atoms with E-state index in [0.717, 1.165) is 22.4 Å². The Labute approximate surface area is 186 Å². The summed E-state index contributed by atoms with van der Waals surface area (Å²) in [7, 11) is 3.69. The van der Waals surface area contributed by atoms with Crippen molar-refractivity contribution in [2.45, 2.75) is 6.92 Å². The van der Waals surface area contributed by atoms with Crippen molar-refractivity contribution in [2.75, 3.05) is 14.1 Å². The molecule has 0 atom stereocenters. The molecule has 1 heterocycles. The number of allylic oxidation sites excluding steroid dienone is 1. The number of carbonyl (C=O) groups is 1. The van der Waals surface area contributed by atoms with Crippen LogP contribution in [0.5, 0.6) is 5.75 Å². The molecular formula is C25H23N5O2. The molecule has 3 aromatic carbocycles. The van der Waals surface area contributed by atoms with E-state index in [2.05, 4.69) is 15.5 Å². The topological polar surface area (TPSA) is 84.1 Å². The summed E-state index contributed by atoms with van der Waals surface area (Å²) in [5.41, 5.74) is 4.56. The lowest BCUT2D eigenvalue weighted by Crippen LogP contribution is -2.13. The Balaban J connectivity index is 1.76. The second kappa shape index (κ2) is 8.85. The van der Waals surface area contributed by atoms with Gasteiger partial charge in [-0.05, 0) is 58.8 Å². The van der Waals surface area contributed by atoms with E-state index in [-0.39, 0.29) is 11.5 Å². The molecular weight excluding hydrogens is 402 g/mol. The summed E-state index contributed by atoms with van der Waals surface area (Å²) in [5.74, 6) is 0.366. The molecule has 4 aromatic rings. The van der Waals surface area contributed by atoms with Crippen LogP contribution in [0.4, 0.5) is 0 Å². The number of aryl methyl sites for hydroxylation is 1. The zero-order valence-corrected chi connectivity index (χ0v) is 18.1. The van der Waals surface area contributed by atoms with E-state index in [9.17, 15) is 9.90 Å². The molecule has 0 fully saturated rings. The molecule has 1 N–H and O–H groups in total. The number of aromatic hydroxyl groups is 1. The number of Topliss-reactive ketones (excluding diaryl/α,β-unsaturated/α-hetero) is 1. The summed E-state index contributed by atoms with van der Waals surface area (Å²) in [4.78, 5) is 15.4. The zero-order valence-electron chi connectivity index (χ0n) is 18.1. The lowest BCUT2D eigenvalue weighted by atomic mass is 9.98. The van der Waals surface area contributed by atoms with Crippen LogP contribution in [0.3, 0.4) is 0 Å². The molecule has 160 valence electrons. The number of benzene rings is 3. The van der Waals surface area contributed by atoms with Crippen LogP contribution >= 0.6 is 0 Å². The molecule has 0 aliphatic heterocycles. The second-order valence-electron chi connectivity index (χ2n) is 7.71. The maximum Gasteiger partial charge on any atom is 0.198 e. The minimum atomic E-state index is -0.192. The maximum absolute atomic E-state index is 13.6. The van der Waals surface area contributed by atoms with Crippen molar-refractivity contribution in [3.63, 3.8) is 0 Å². The van der Waals surface area contributed by atoms with Crippen molar-refractivity contribution in [3.05, 3.63) is 95.9 Å². The van der Waals surface area contributed by atoms with Crippen LogP contribution in [0.25, 0.3) is 22.4 Å². The van der Waals surface area contributed by atoms with Gasteiger partial charge in [-0.25, -0.2) is 0 Å². The van der Waals surface area contributed by atoms with Gasteiger partial charge in [-0.2, -0.15) is 4.68 Å². The van der Waals surface area contributed by atoms with E-state index in [1.807, 2.05) is 75.6 Å². The first kappa shape index (κ1) is 21.0. The highest BCUT2D eigenvalue weighted by atomic mass is 16.3. The number of carbonyl (C=O) groups excluding carboxylic acids is 1. The third kappa shape index (κ3) is 4.41. The molecule has 0 saturated carbocycles. The third-order valence-corrected chi connectivity index (χ3v) is 4.95. The number of ketones is 1. The summed E-state index contributed by atoms with van der Waals surface area (Å²) < 4.78 is 1.57. The monoisotopic (exact) mass is 425 g/mol. The number of hydrogen-bond acceptors (Lipinski definition) is 6. The largest absolute Gasteiger partial charge is 0.508 e. The van der Waals surface area contributed by atoms with Gasteiger partial charge in [-0.15, -0.1) is 5.10 Å². The van der Waals surface area contributed by atoms with Gasteiger partial charge in [-0.3, -0.25) is 4.79 Å². The molecule has 32 heavy (non-hydrogen) atoms. The van der Waals surface area contributed by atoms with E-state index < -0.39 is 0 Å². The van der Waals surface area contributed by atoms with E-state index >= 15 is 0 Å². The summed E-state index contributed by atoms with van der Waals surface area (Å²) in [6, 6.07) is 22.0. The molecule has 0 spiro atoms. The lowest BCUT2D eigenvalue weighted by Gasteiger charge is -2.12. The Kier molecular flexibility index (Phi) is 5.81. The Hall–Kier alpha value is -4.26. The van der Waals surface area contributed by atoms with Crippen LogP contribution < -0.4 is 0 Å². The molecule has 0 unspecified atom stereocenters. The fraction of sp³-hybridized carbons (Fsp3) is 0.120. The summed E-state index contributed by atoms with van der Waals surface area (Å²) in [6.45, 7) is 2.01. The van der Waals surface area contributed by atoms with Gasteiger partial charge in [-0.1, -0.05) is 48.0 Å². The highest BCUT2D eigenvalue weighted by Crippen LogP contribution is 2.26. The standard InChI is InChI=1S/C25H23N5O2/c1-17-7-11-21(12-8-17)30-25(26-27-28-30)23(16-29(2)3)24(32)20-6-4-5-19(15-20)18-9-13-22(31)14-10-18/h4-16,31H,1-3H3.